The van der Waals surface area contributed by atoms with Crippen LogP contribution in [0.15, 0.2) is 24.3 Å². The van der Waals surface area contributed by atoms with E-state index in [0.717, 1.165) is 48.6 Å². The standard InChI is InChI=1S/C19H26ClN3O/c1-13-17(11-21-10-15-7-5-9-19(15)24)14(2)23(22-13)12-16-6-3-4-8-18(16)20/h3-4,6,8,15,19,21,24H,5,7,9-12H2,1-2H3. The fraction of sp³-hybridized carbons (Fsp3) is 0.526. The summed E-state index contributed by atoms with van der Waals surface area (Å²) in [4.78, 5) is 0. The van der Waals surface area contributed by atoms with Crippen LogP contribution >= 0.6 is 11.6 Å². The van der Waals surface area contributed by atoms with Crippen LogP contribution in [0.4, 0.5) is 0 Å². The zero-order chi connectivity index (χ0) is 17.1. The molecular weight excluding hydrogens is 322 g/mol. The summed E-state index contributed by atoms with van der Waals surface area (Å²) in [5.74, 6) is 0.392. The summed E-state index contributed by atoms with van der Waals surface area (Å²) in [6.07, 6.45) is 3.07. The van der Waals surface area contributed by atoms with Crippen molar-refractivity contribution in [1.29, 1.82) is 0 Å². The van der Waals surface area contributed by atoms with Crippen molar-refractivity contribution in [2.24, 2.45) is 5.92 Å². The number of aromatic nitrogens is 2. The average Bonchev–Trinajstić information content (AvgIpc) is 3.08. The second kappa shape index (κ2) is 7.68. The molecule has 0 saturated heterocycles. The predicted octanol–water partition coefficient (Wildman–Crippen LogP) is 3.45. The lowest BCUT2D eigenvalue weighted by molar-refractivity contribution is 0.131. The van der Waals surface area contributed by atoms with E-state index in [1.807, 2.05) is 28.9 Å². The molecule has 0 spiro atoms. The molecule has 2 atom stereocenters. The summed E-state index contributed by atoms with van der Waals surface area (Å²) >= 11 is 6.27. The number of benzene rings is 1. The lowest BCUT2D eigenvalue weighted by Crippen LogP contribution is -2.27. The molecule has 2 N–H and O–H groups in total. The average molecular weight is 348 g/mol. The van der Waals surface area contributed by atoms with Crippen LogP contribution in [-0.4, -0.2) is 27.5 Å². The van der Waals surface area contributed by atoms with Crippen molar-refractivity contribution in [3.8, 4) is 0 Å². The Hall–Kier alpha value is -1.36. The summed E-state index contributed by atoms with van der Waals surface area (Å²) in [5.41, 5.74) is 4.55. The number of rotatable bonds is 6. The van der Waals surface area contributed by atoms with Gasteiger partial charge in [0.25, 0.3) is 0 Å². The highest BCUT2D eigenvalue weighted by Crippen LogP contribution is 2.25. The van der Waals surface area contributed by atoms with E-state index < -0.39 is 0 Å². The van der Waals surface area contributed by atoms with Crippen molar-refractivity contribution in [1.82, 2.24) is 15.1 Å². The van der Waals surface area contributed by atoms with Crippen molar-refractivity contribution >= 4 is 11.6 Å². The molecule has 1 heterocycles. The first-order valence-electron chi connectivity index (χ1n) is 8.71. The third kappa shape index (κ3) is 3.82. The number of nitrogens with one attached hydrogen (secondary N) is 1. The molecule has 0 bridgehead atoms. The molecule has 0 aliphatic heterocycles. The van der Waals surface area contributed by atoms with Crippen molar-refractivity contribution < 1.29 is 5.11 Å². The Labute approximate surface area is 148 Å². The monoisotopic (exact) mass is 347 g/mol. The van der Waals surface area contributed by atoms with E-state index in [0.29, 0.717) is 12.5 Å². The molecule has 2 aromatic rings. The van der Waals surface area contributed by atoms with E-state index in [2.05, 4.69) is 24.3 Å². The Balaban J connectivity index is 1.64. The maximum absolute atomic E-state index is 9.92. The fourth-order valence-corrected chi connectivity index (χ4v) is 3.77. The summed E-state index contributed by atoms with van der Waals surface area (Å²) in [6.45, 7) is 6.52. The highest BCUT2D eigenvalue weighted by Gasteiger charge is 2.24. The van der Waals surface area contributed by atoms with Gasteiger partial charge in [-0.25, -0.2) is 0 Å². The SMILES string of the molecule is Cc1nn(Cc2ccccc2Cl)c(C)c1CNCC1CCCC1O. The van der Waals surface area contributed by atoms with Gasteiger partial charge in [0.15, 0.2) is 0 Å². The quantitative estimate of drug-likeness (QED) is 0.841. The number of nitrogens with zero attached hydrogens (tertiary/aromatic N) is 2. The molecule has 1 saturated carbocycles. The van der Waals surface area contributed by atoms with Crippen molar-refractivity contribution in [2.45, 2.75) is 52.3 Å². The minimum Gasteiger partial charge on any atom is -0.393 e. The van der Waals surface area contributed by atoms with Crippen LogP contribution < -0.4 is 5.32 Å². The van der Waals surface area contributed by atoms with Gasteiger partial charge in [0.1, 0.15) is 0 Å². The van der Waals surface area contributed by atoms with Crippen molar-refractivity contribution in [2.75, 3.05) is 6.54 Å². The molecule has 1 aliphatic rings. The third-order valence-electron chi connectivity index (χ3n) is 5.14. The topological polar surface area (TPSA) is 50.1 Å². The Morgan fingerprint density at radius 3 is 2.79 bits per heavy atom. The van der Waals surface area contributed by atoms with Gasteiger partial charge in [-0.2, -0.15) is 5.10 Å². The number of hydrogen-bond donors (Lipinski definition) is 2. The van der Waals surface area contributed by atoms with E-state index in [1.165, 1.54) is 11.3 Å². The van der Waals surface area contributed by atoms with Gasteiger partial charge in [0.05, 0.1) is 18.3 Å². The van der Waals surface area contributed by atoms with Crippen LogP contribution in [-0.2, 0) is 13.1 Å². The largest absolute Gasteiger partial charge is 0.393 e. The third-order valence-corrected chi connectivity index (χ3v) is 5.51. The maximum Gasteiger partial charge on any atom is 0.0677 e. The summed E-state index contributed by atoms with van der Waals surface area (Å²) in [5, 5.41) is 18.9. The molecular formula is C19H26ClN3O. The Morgan fingerprint density at radius 1 is 1.29 bits per heavy atom. The minimum atomic E-state index is -0.136. The second-order valence-electron chi connectivity index (χ2n) is 6.79. The minimum absolute atomic E-state index is 0.136. The molecule has 0 amide bonds. The molecule has 1 aliphatic carbocycles. The molecule has 2 unspecified atom stereocenters. The first kappa shape index (κ1) is 17.5. The van der Waals surface area contributed by atoms with E-state index in [4.69, 9.17) is 11.6 Å². The molecule has 1 aromatic heterocycles. The van der Waals surface area contributed by atoms with Crippen LogP contribution in [0, 0.1) is 19.8 Å². The van der Waals surface area contributed by atoms with Gasteiger partial charge < -0.3 is 10.4 Å². The van der Waals surface area contributed by atoms with Gasteiger partial charge in [-0.3, -0.25) is 4.68 Å². The second-order valence-corrected chi connectivity index (χ2v) is 7.19. The van der Waals surface area contributed by atoms with E-state index in [-0.39, 0.29) is 6.10 Å². The Bertz CT molecular complexity index is 698. The zero-order valence-electron chi connectivity index (χ0n) is 14.4. The van der Waals surface area contributed by atoms with E-state index in [9.17, 15) is 5.11 Å². The molecule has 0 radical (unpaired) electrons. The summed E-state index contributed by atoms with van der Waals surface area (Å²) < 4.78 is 2.03. The van der Waals surface area contributed by atoms with Gasteiger partial charge in [-0.1, -0.05) is 36.2 Å². The number of hydrogen-bond acceptors (Lipinski definition) is 3. The molecule has 1 fully saturated rings. The van der Waals surface area contributed by atoms with Gasteiger partial charge >= 0.3 is 0 Å². The number of aliphatic hydroxyl groups excluding tert-OH is 1. The molecule has 3 rings (SSSR count). The van der Waals surface area contributed by atoms with E-state index in [1.54, 1.807) is 0 Å². The number of halogens is 1. The summed E-state index contributed by atoms with van der Waals surface area (Å²) in [6, 6.07) is 7.90. The van der Waals surface area contributed by atoms with Crippen molar-refractivity contribution in [3.63, 3.8) is 0 Å². The summed E-state index contributed by atoms with van der Waals surface area (Å²) in [7, 11) is 0. The molecule has 24 heavy (non-hydrogen) atoms. The molecule has 5 heteroatoms. The lowest BCUT2D eigenvalue weighted by atomic mass is 10.1. The van der Waals surface area contributed by atoms with E-state index >= 15 is 0 Å². The molecule has 4 nitrogen and oxygen atoms in total. The van der Waals surface area contributed by atoms with Crippen LogP contribution in [0.25, 0.3) is 0 Å². The first-order valence-corrected chi connectivity index (χ1v) is 9.09. The van der Waals surface area contributed by atoms with Gasteiger partial charge in [0.2, 0.25) is 0 Å². The Kier molecular flexibility index (Phi) is 5.59. The van der Waals surface area contributed by atoms with Gasteiger partial charge in [-0.05, 0) is 44.2 Å². The van der Waals surface area contributed by atoms with Gasteiger partial charge in [0, 0.05) is 29.4 Å². The molecule has 1 aromatic carbocycles. The first-order chi connectivity index (χ1) is 11.6. The van der Waals surface area contributed by atoms with Crippen LogP contribution in [0.5, 0.6) is 0 Å². The van der Waals surface area contributed by atoms with Crippen molar-refractivity contribution in [3.05, 3.63) is 51.8 Å². The number of aliphatic hydroxyl groups is 1. The zero-order valence-corrected chi connectivity index (χ0v) is 15.2. The predicted molar refractivity (Wildman–Crippen MR) is 97.3 cm³/mol. The lowest BCUT2D eigenvalue weighted by Gasteiger charge is -2.15. The smallest absolute Gasteiger partial charge is 0.0677 e. The highest BCUT2D eigenvalue weighted by atomic mass is 35.5. The fourth-order valence-electron chi connectivity index (χ4n) is 3.57. The van der Waals surface area contributed by atoms with Crippen LogP contribution in [0.3, 0.4) is 0 Å². The number of aryl methyl sites for hydroxylation is 1. The van der Waals surface area contributed by atoms with Gasteiger partial charge in [-0.15, -0.1) is 0 Å². The normalized spacial score (nSPS) is 20.7. The molecule has 130 valence electrons. The van der Waals surface area contributed by atoms with Crippen LogP contribution in [0.1, 0.15) is 41.8 Å². The van der Waals surface area contributed by atoms with Crippen LogP contribution in [0.2, 0.25) is 5.02 Å². The maximum atomic E-state index is 9.92. The highest BCUT2D eigenvalue weighted by molar-refractivity contribution is 6.31. The Morgan fingerprint density at radius 2 is 2.08 bits per heavy atom.